The molecule has 1 aliphatic rings. The number of carbonyl (C=O) groups excluding carboxylic acids is 1. The summed E-state index contributed by atoms with van der Waals surface area (Å²) < 4.78 is 25.5. The van der Waals surface area contributed by atoms with E-state index in [2.05, 4.69) is 15.3 Å². The predicted octanol–water partition coefficient (Wildman–Crippen LogP) is 5.02. The monoisotopic (exact) mass is 529 g/mol. The normalized spacial score (nSPS) is 14.0. The Morgan fingerprint density at radius 3 is 2.54 bits per heavy atom. The zero-order valence-corrected chi connectivity index (χ0v) is 22.1. The van der Waals surface area contributed by atoms with E-state index in [9.17, 15) is 9.18 Å². The highest BCUT2D eigenvalue weighted by atomic mass is 19.1. The molecule has 0 spiro atoms. The highest BCUT2D eigenvalue weighted by Gasteiger charge is 2.24. The molecule has 9 heteroatoms. The first-order valence-electron chi connectivity index (χ1n) is 13.0. The minimum atomic E-state index is -0.279. The number of piperidine rings is 1. The summed E-state index contributed by atoms with van der Waals surface area (Å²) in [5, 5.41) is 4.21. The SMILES string of the molecule is CN(C)CC(=O)N1CCC(Oc2ccc3ncnc(Nc4ccc(OCc5cccc(F)c5)cc4)c3c2)CC1. The van der Waals surface area contributed by atoms with Crippen molar-refractivity contribution in [1.29, 1.82) is 0 Å². The molecule has 4 aromatic rings. The van der Waals surface area contributed by atoms with Gasteiger partial charge in [-0.2, -0.15) is 0 Å². The van der Waals surface area contributed by atoms with Crippen LogP contribution in [0.4, 0.5) is 15.9 Å². The van der Waals surface area contributed by atoms with Gasteiger partial charge in [0.05, 0.1) is 12.1 Å². The van der Waals surface area contributed by atoms with E-state index in [1.807, 2.05) is 72.4 Å². The van der Waals surface area contributed by atoms with Gasteiger partial charge in [-0.3, -0.25) is 4.79 Å². The Kier molecular flexibility index (Phi) is 8.17. The maximum atomic E-state index is 13.4. The minimum Gasteiger partial charge on any atom is -0.490 e. The lowest BCUT2D eigenvalue weighted by atomic mass is 10.1. The Hall–Kier alpha value is -4.24. The van der Waals surface area contributed by atoms with E-state index in [-0.39, 0.29) is 24.4 Å². The van der Waals surface area contributed by atoms with Crippen molar-refractivity contribution in [2.75, 3.05) is 39.0 Å². The molecule has 5 rings (SSSR count). The molecule has 1 aliphatic heterocycles. The molecule has 1 N–H and O–H groups in total. The molecule has 0 radical (unpaired) electrons. The van der Waals surface area contributed by atoms with Gasteiger partial charge in [0, 0.05) is 37.0 Å². The number of hydrogen-bond acceptors (Lipinski definition) is 7. The van der Waals surface area contributed by atoms with Gasteiger partial charge in [0.2, 0.25) is 5.91 Å². The van der Waals surface area contributed by atoms with Crippen LogP contribution in [-0.2, 0) is 11.4 Å². The molecule has 0 bridgehead atoms. The third-order valence-corrected chi connectivity index (χ3v) is 6.57. The number of nitrogens with zero attached hydrogens (tertiary/aromatic N) is 4. The van der Waals surface area contributed by atoms with Gasteiger partial charge in [0.15, 0.2) is 0 Å². The number of ether oxygens (including phenoxy) is 2. The van der Waals surface area contributed by atoms with Crippen molar-refractivity contribution in [2.24, 2.45) is 0 Å². The summed E-state index contributed by atoms with van der Waals surface area (Å²) in [4.78, 5) is 25.0. The Morgan fingerprint density at radius 1 is 1.03 bits per heavy atom. The van der Waals surface area contributed by atoms with E-state index in [4.69, 9.17) is 9.47 Å². The minimum absolute atomic E-state index is 0.0480. The summed E-state index contributed by atoms with van der Waals surface area (Å²) in [6.07, 6.45) is 3.16. The van der Waals surface area contributed by atoms with Gasteiger partial charge >= 0.3 is 0 Å². The lowest BCUT2D eigenvalue weighted by Gasteiger charge is -2.32. The van der Waals surface area contributed by atoms with Gasteiger partial charge in [-0.1, -0.05) is 12.1 Å². The Bertz CT molecular complexity index is 1420. The molecule has 2 heterocycles. The molecule has 202 valence electrons. The summed E-state index contributed by atoms with van der Waals surface area (Å²) in [6.45, 7) is 2.11. The van der Waals surface area contributed by atoms with E-state index in [1.165, 1.54) is 18.5 Å². The summed E-state index contributed by atoms with van der Waals surface area (Å²) in [7, 11) is 3.81. The van der Waals surface area contributed by atoms with Crippen molar-refractivity contribution in [3.05, 3.63) is 84.4 Å². The number of halogens is 1. The van der Waals surface area contributed by atoms with Crippen LogP contribution < -0.4 is 14.8 Å². The molecule has 0 aliphatic carbocycles. The van der Waals surface area contributed by atoms with Gasteiger partial charge in [0.1, 0.15) is 42.2 Å². The van der Waals surface area contributed by atoms with Crippen LogP contribution in [0.25, 0.3) is 10.9 Å². The van der Waals surface area contributed by atoms with Crippen LogP contribution in [0.3, 0.4) is 0 Å². The fraction of sp³-hybridized carbons (Fsp3) is 0.300. The number of likely N-dealkylation sites (N-methyl/N-ethyl adjacent to an activating group) is 1. The number of hydrogen-bond donors (Lipinski definition) is 1. The zero-order valence-electron chi connectivity index (χ0n) is 22.1. The van der Waals surface area contributed by atoms with E-state index >= 15 is 0 Å². The average molecular weight is 530 g/mol. The fourth-order valence-corrected chi connectivity index (χ4v) is 4.56. The number of likely N-dealkylation sites (tertiary alicyclic amines) is 1. The van der Waals surface area contributed by atoms with Crippen LogP contribution in [0, 0.1) is 5.82 Å². The number of anilines is 2. The van der Waals surface area contributed by atoms with E-state index in [0.29, 0.717) is 31.2 Å². The highest BCUT2D eigenvalue weighted by Crippen LogP contribution is 2.29. The Morgan fingerprint density at radius 2 is 1.79 bits per heavy atom. The van der Waals surface area contributed by atoms with Crippen LogP contribution in [0.5, 0.6) is 11.5 Å². The highest BCUT2D eigenvalue weighted by molar-refractivity contribution is 5.91. The summed E-state index contributed by atoms with van der Waals surface area (Å²) in [5.41, 5.74) is 2.42. The average Bonchev–Trinajstić information content (AvgIpc) is 2.93. The van der Waals surface area contributed by atoms with Crippen molar-refractivity contribution in [3.63, 3.8) is 0 Å². The predicted molar refractivity (Wildman–Crippen MR) is 149 cm³/mol. The number of nitrogens with one attached hydrogen (secondary N) is 1. The van der Waals surface area contributed by atoms with E-state index in [0.717, 1.165) is 40.7 Å². The van der Waals surface area contributed by atoms with Gasteiger partial charge in [-0.25, -0.2) is 14.4 Å². The van der Waals surface area contributed by atoms with Gasteiger partial charge in [0.25, 0.3) is 0 Å². The van der Waals surface area contributed by atoms with Crippen LogP contribution in [0.15, 0.2) is 73.1 Å². The van der Waals surface area contributed by atoms with Crippen molar-refractivity contribution >= 4 is 28.3 Å². The molecule has 0 atom stereocenters. The standard InChI is InChI=1S/C30H32FN5O3/c1-35(2)18-29(37)36-14-12-25(13-15-36)39-26-10-11-28-27(17-26)30(33-20-32-28)34-23-6-8-24(9-7-23)38-19-21-4-3-5-22(31)16-21/h3-11,16-17,20,25H,12-15,18-19H2,1-2H3,(H,32,33,34). The summed E-state index contributed by atoms with van der Waals surface area (Å²) >= 11 is 0. The third-order valence-electron chi connectivity index (χ3n) is 6.57. The lowest BCUT2D eigenvalue weighted by molar-refractivity contribution is -0.133. The number of benzene rings is 3. The number of fused-ring (bicyclic) bond motifs is 1. The van der Waals surface area contributed by atoms with Gasteiger partial charge < -0.3 is 24.6 Å². The summed E-state index contributed by atoms with van der Waals surface area (Å²) in [6, 6.07) is 19.7. The molecule has 8 nitrogen and oxygen atoms in total. The van der Waals surface area contributed by atoms with Crippen molar-refractivity contribution in [2.45, 2.75) is 25.6 Å². The number of carbonyl (C=O) groups is 1. The first-order valence-corrected chi connectivity index (χ1v) is 13.0. The van der Waals surface area contributed by atoms with Crippen molar-refractivity contribution < 1.29 is 18.7 Å². The molecule has 1 amide bonds. The van der Waals surface area contributed by atoms with Gasteiger partial charge in [-0.15, -0.1) is 0 Å². The molecule has 1 saturated heterocycles. The second-order valence-electron chi connectivity index (χ2n) is 9.90. The smallest absolute Gasteiger partial charge is 0.236 e. The molecule has 39 heavy (non-hydrogen) atoms. The van der Waals surface area contributed by atoms with E-state index < -0.39 is 0 Å². The number of rotatable bonds is 9. The third kappa shape index (κ3) is 7.00. The van der Waals surface area contributed by atoms with Crippen LogP contribution in [0.1, 0.15) is 18.4 Å². The molecular formula is C30H32FN5O3. The molecule has 0 unspecified atom stereocenters. The zero-order chi connectivity index (χ0) is 27.2. The van der Waals surface area contributed by atoms with E-state index in [1.54, 1.807) is 6.07 Å². The topological polar surface area (TPSA) is 79.8 Å². The largest absolute Gasteiger partial charge is 0.490 e. The molecule has 1 aromatic heterocycles. The fourth-order valence-electron chi connectivity index (χ4n) is 4.56. The van der Waals surface area contributed by atoms with Crippen molar-refractivity contribution in [3.8, 4) is 11.5 Å². The van der Waals surface area contributed by atoms with Crippen LogP contribution >= 0.6 is 0 Å². The Labute approximate surface area is 227 Å². The summed E-state index contributed by atoms with van der Waals surface area (Å²) in [5.74, 6) is 1.98. The maximum Gasteiger partial charge on any atom is 0.236 e. The molecular weight excluding hydrogens is 497 g/mol. The quantitative estimate of drug-likeness (QED) is 0.326. The number of aromatic nitrogens is 2. The first-order chi connectivity index (χ1) is 18.9. The molecule has 0 saturated carbocycles. The van der Waals surface area contributed by atoms with Gasteiger partial charge in [-0.05, 0) is 74.3 Å². The lowest BCUT2D eigenvalue weighted by Crippen LogP contribution is -2.44. The second-order valence-corrected chi connectivity index (χ2v) is 9.90. The van der Waals surface area contributed by atoms with Crippen LogP contribution in [-0.4, -0.2) is 65.5 Å². The molecule has 3 aromatic carbocycles. The second kappa shape index (κ2) is 12.1. The first kappa shape index (κ1) is 26.4. The maximum absolute atomic E-state index is 13.4. The van der Waals surface area contributed by atoms with Crippen LogP contribution in [0.2, 0.25) is 0 Å². The molecule has 1 fully saturated rings. The Balaban J connectivity index is 1.21. The number of amides is 1. The van der Waals surface area contributed by atoms with Crippen molar-refractivity contribution in [1.82, 2.24) is 19.8 Å².